The van der Waals surface area contributed by atoms with Crippen LogP contribution >= 0.6 is 11.6 Å². The first-order valence-corrected chi connectivity index (χ1v) is 8.83. The van der Waals surface area contributed by atoms with Gasteiger partial charge in [0.25, 0.3) is 0 Å². The second kappa shape index (κ2) is 9.34. The van der Waals surface area contributed by atoms with Crippen LogP contribution in [0.3, 0.4) is 0 Å². The molecule has 0 saturated carbocycles. The van der Waals surface area contributed by atoms with Crippen LogP contribution in [0.1, 0.15) is 24.5 Å². The number of carbonyl (C=O) groups excluding carboxylic acids is 2. The monoisotopic (exact) mass is 376 g/mol. The largest absolute Gasteiger partial charge is 0.357 e. The summed E-state index contributed by atoms with van der Waals surface area (Å²) in [5, 5.41) is 2.79. The molecule has 1 atom stereocenters. The summed E-state index contributed by atoms with van der Waals surface area (Å²) in [7, 11) is 1.53. The number of carbonyl (C=O) groups is 2. The molecule has 4 nitrogen and oxygen atoms in total. The van der Waals surface area contributed by atoms with Crippen molar-refractivity contribution in [2.24, 2.45) is 0 Å². The van der Waals surface area contributed by atoms with Gasteiger partial charge < -0.3 is 10.2 Å². The van der Waals surface area contributed by atoms with Crippen LogP contribution in [0.5, 0.6) is 0 Å². The average Bonchev–Trinajstić information content (AvgIpc) is 2.65. The fourth-order valence-corrected chi connectivity index (χ4v) is 3.05. The molecule has 6 heteroatoms. The van der Waals surface area contributed by atoms with Gasteiger partial charge in [0.2, 0.25) is 11.8 Å². The maximum Gasteiger partial charge on any atom is 0.242 e. The van der Waals surface area contributed by atoms with Crippen molar-refractivity contribution in [3.63, 3.8) is 0 Å². The maximum atomic E-state index is 14.1. The molecule has 0 aromatic heterocycles. The highest BCUT2D eigenvalue weighted by Gasteiger charge is 2.28. The standard InChI is InChI=1S/C20H22ClFN2O2/c1-3-18(20(26)23-2)24(13-14-8-5-4-6-9-14)19(25)12-15-16(21)10-7-11-17(15)22/h4-11,18H,3,12-13H2,1-2H3,(H,23,26). The Hall–Kier alpha value is -2.40. The lowest BCUT2D eigenvalue weighted by Crippen LogP contribution is -2.48. The van der Waals surface area contributed by atoms with Gasteiger partial charge in [0.1, 0.15) is 11.9 Å². The number of nitrogens with one attached hydrogen (secondary N) is 1. The number of benzene rings is 2. The minimum absolute atomic E-state index is 0.143. The zero-order valence-corrected chi connectivity index (χ0v) is 15.6. The molecular formula is C20H22ClFN2O2. The van der Waals surface area contributed by atoms with Gasteiger partial charge in [-0.3, -0.25) is 9.59 Å². The van der Waals surface area contributed by atoms with Gasteiger partial charge in [0.05, 0.1) is 6.42 Å². The average molecular weight is 377 g/mol. The van der Waals surface area contributed by atoms with Crippen LogP contribution in [-0.2, 0) is 22.6 Å². The molecule has 2 aromatic rings. The van der Waals surface area contributed by atoms with Crippen molar-refractivity contribution in [1.29, 1.82) is 0 Å². The molecule has 0 heterocycles. The van der Waals surface area contributed by atoms with E-state index in [1.54, 1.807) is 6.07 Å². The molecule has 0 aliphatic rings. The summed E-state index contributed by atoms with van der Waals surface area (Å²) in [4.78, 5) is 26.7. The van der Waals surface area contributed by atoms with Crippen LogP contribution in [0.4, 0.5) is 4.39 Å². The summed E-state index contributed by atoms with van der Waals surface area (Å²) in [5.41, 5.74) is 1.03. The van der Waals surface area contributed by atoms with Crippen LogP contribution in [-0.4, -0.2) is 29.8 Å². The molecule has 2 aromatic carbocycles. The van der Waals surface area contributed by atoms with Gasteiger partial charge >= 0.3 is 0 Å². The van der Waals surface area contributed by atoms with E-state index in [1.807, 2.05) is 37.3 Å². The number of likely N-dealkylation sites (N-methyl/N-ethyl adjacent to an activating group) is 1. The van der Waals surface area contributed by atoms with Crippen molar-refractivity contribution < 1.29 is 14.0 Å². The van der Waals surface area contributed by atoms with E-state index in [4.69, 9.17) is 11.6 Å². The highest BCUT2D eigenvalue weighted by molar-refractivity contribution is 6.31. The van der Waals surface area contributed by atoms with E-state index in [0.29, 0.717) is 6.42 Å². The smallest absolute Gasteiger partial charge is 0.242 e. The van der Waals surface area contributed by atoms with E-state index >= 15 is 0 Å². The lowest BCUT2D eigenvalue weighted by atomic mass is 10.1. The molecule has 2 rings (SSSR count). The summed E-state index contributed by atoms with van der Waals surface area (Å²) in [6, 6.07) is 13.0. The first-order valence-electron chi connectivity index (χ1n) is 8.45. The van der Waals surface area contributed by atoms with Crippen molar-refractivity contribution in [3.8, 4) is 0 Å². The van der Waals surface area contributed by atoms with E-state index < -0.39 is 11.9 Å². The van der Waals surface area contributed by atoms with E-state index in [2.05, 4.69) is 5.32 Å². The molecule has 0 fully saturated rings. The van der Waals surface area contributed by atoms with Crippen LogP contribution in [0.25, 0.3) is 0 Å². The molecule has 2 amide bonds. The fraction of sp³-hybridized carbons (Fsp3) is 0.300. The second-order valence-electron chi connectivity index (χ2n) is 5.92. The molecule has 26 heavy (non-hydrogen) atoms. The Labute approximate surface area is 158 Å². The summed E-state index contributed by atoms with van der Waals surface area (Å²) in [5.74, 6) is -1.13. The van der Waals surface area contributed by atoms with Gasteiger partial charge in [-0.25, -0.2) is 4.39 Å². The van der Waals surface area contributed by atoms with Gasteiger partial charge in [-0.1, -0.05) is 54.9 Å². The summed E-state index contributed by atoms with van der Waals surface area (Å²) >= 11 is 6.05. The first kappa shape index (κ1) is 19.9. The number of hydrogen-bond donors (Lipinski definition) is 1. The number of rotatable bonds is 7. The molecule has 0 aliphatic heterocycles. The predicted molar refractivity (Wildman–Crippen MR) is 100 cm³/mol. The molecule has 0 saturated heterocycles. The summed E-state index contributed by atoms with van der Waals surface area (Å²) in [6.07, 6.45) is 0.245. The number of nitrogens with zero attached hydrogens (tertiary/aromatic N) is 1. The zero-order valence-electron chi connectivity index (χ0n) is 14.8. The van der Waals surface area contributed by atoms with E-state index in [9.17, 15) is 14.0 Å². The zero-order chi connectivity index (χ0) is 19.1. The second-order valence-corrected chi connectivity index (χ2v) is 6.33. The van der Waals surface area contributed by atoms with Crippen LogP contribution in [0.2, 0.25) is 5.02 Å². The third-order valence-corrected chi connectivity index (χ3v) is 4.57. The SMILES string of the molecule is CCC(C(=O)NC)N(Cc1ccccc1)C(=O)Cc1c(F)cccc1Cl. The molecule has 0 aliphatic carbocycles. The summed E-state index contributed by atoms with van der Waals surface area (Å²) < 4.78 is 14.1. The Bertz CT molecular complexity index is 747. The van der Waals surface area contributed by atoms with Crippen LogP contribution < -0.4 is 5.32 Å². The molecule has 1 N–H and O–H groups in total. The Morgan fingerprint density at radius 3 is 2.42 bits per heavy atom. The Balaban J connectivity index is 2.32. The van der Waals surface area contributed by atoms with Crippen molar-refractivity contribution >= 4 is 23.4 Å². The van der Waals surface area contributed by atoms with E-state index in [-0.39, 0.29) is 35.4 Å². The van der Waals surface area contributed by atoms with Crippen LogP contribution in [0, 0.1) is 5.82 Å². The van der Waals surface area contributed by atoms with Crippen LogP contribution in [0.15, 0.2) is 48.5 Å². The first-order chi connectivity index (χ1) is 12.5. The summed E-state index contributed by atoms with van der Waals surface area (Å²) in [6.45, 7) is 2.10. The Morgan fingerprint density at radius 1 is 1.15 bits per heavy atom. The fourth-order valence-electron chi connectivity index (χ4n) is 2.82. The maximum absolute atomic E-state index is 14.1. The third kappa shape index (κ3) is 4.82. The molecule has 0 radical (unpaired) electrons. The highest BCUT2D eigenvalue weighted by Crippen LogP contribution is 2.22. The lowest BCUT2D eigenvalue weighted by Gasteiger charge is -2.30. The number of halogens is 2. The minimum Gasteiger partial charge on any atom is -0.357 e. The van der Waals surface area contributed by atoms with Crippen molar-refractivity contribution in [2.45, 2.75) is 32.4 Å². The number of amides is 2. The van der Waals surface area contributed by atoms with Gasteiger partial charge in [0, 0.05) is 24.2 Å². The Kier molecular flexibility index (Phi) is 7.16. The van der Waals surface area contributed by atoms with Gasteiger partial charge in [-0.05, 0) is 24.1 Å². The predicted octanol–water partition coefficient (Wildman–Crippen LogP) is 3.58. The van der Waals surface area contributed by atoms with Crippen molar-refractivity contribution in [3.05, 3.63) is 70.5 Å². The Morgan fingerprint density at radius 2 is 1.85 bits per heavy atom. The van der Waals surface area contributed by atoms with E-state index in [0.717, 1.165) is 5.56 Å². The highest BCUT2D eigenvalue weighted by atomic mass is 35.5. The van der Waals surface area contributed by atoms with Gasteiger partial charge in [-0.2, -0.15) is 0 Å². The van der Waals surface area contributed by atoms with E-state index in [1.165, 1.54) is 24.1 Å². The van der Waals surface area contributed by atoms with Crippen molar-refractivity contribution in [2.75, 3.05) is 7.05 Å². The van der Waals surface area contributed by atoms with Gasteiger partial charge in [0.15, 0.2) is 0 Å². The van der Waals surface area contributed by atoms with Crippen molar-refractivity contribution in [1.82, 2.24) is 10.2 Å². The molecule has 0 spiro atoms. The quantitative estimate of drug-likeness (QED) is 0.803. The normalized spacial score (nSPS) is 11.7. The van der Waals surface area contributed by atoms with Gasteiger partial charge in [-0.15, -0.1) is 0 Å². The number of hydrogen-bond acceptors (Lipinski definition) is 2. The minimum atomic E-state index is -0.641. The third-order valence-electron chi connectivity index (χ3n) is 4.22. The topological polar surface area (TPSA) is 49.4 Å². The molecular weight excluding hydrogens is 355 g/mol. The molecule has 1 unspecified atom stereocenters. The molecule has 138 valence electrons. The molecule has 0 bridgehead atoms. The lowest BCUT2D eigenvalue weighted by molar-refractivity contribution is -0.140.